The highest BCUT2D eigenvalue weighted by molar-refractivity contribution is 9.10. The third-order valence-corrected chi connectivity index (χ3v) is 6.75. The second kappa shape index (κ2) is 7.57. The summed E-state index contributed by atoms with van der Waals surface area (Å²) >= 11 is 8.89. The van der Waals surface area contributed by atoms with Crippen molar-refractivity contribution in [1.82, 2.24) is 4.72 Å². The van der Waals surface area contributed by atoms with Gasteiger partial charge in [-0.05, 0) is 46.8 Å². The van der Waals surface area contributed by atoms with E-state index in [1.165, 1.54) is 12.5 Å². The molecule has 0 heterocycles. The maximum Gasteiger partial charge on any atom is 0.243 e. The fourth-order valence-corrected chi connectivity index (χ4v) is 4.89. The van der Waals surface area contributed by atoms with E-state index in [1.807, 2.05) is 0 Å². The molecule has 1 aliphatic rings. The summed E-state index contributed by atoms with van der Waals surface area (Å²) in [6.45, 7) is 0.195. The van der Waals surface area contributed by atoms with Gasteiger partial charge in [-0.2, -0.15) is 0 Å². The van der Waals surface area contributed by atoms with Crippen LogP contribution in [0.1, 0.15) is 32.1 Å². The second-order valence-electron chi connectivity index (χ2n) is 5.56. The Balaban J connectivity index is 2.24. The molecule has 1 saturated carbocycles. The zero-order valence-electron chi connectivity index (χ0n) is 12.0. The Morgan fingerprint density at radius 2 is 2.00 bits per heavy atom. The Morgan fingerprint density at radius 1 is 1.36 bits per heavy atom. The molecule has 0 aliphatic heterocycles. The molecule has 0 unspecified atom stereocenters. The molecular weight excluding hydrogens is 395 g/mol. The van der Waals surface area contributed by atoms with Crippen LogP contribution < -0.4 is 10.5 Å². The van der Waals surface area contributed by atoms with Crippen LogP contribution in [0.3, 0.4) is 0 Å². The summed E-state index contributed by atoms with van der Waals surface area (Å²) in [6, 6.07) is 1.78. The van der Waals surface area contributed by atoms with E-state index in [9.17, 15) is 12.8 Å². The predicted molar refractivity (Wildman–Crippen MR) is 88.8 cm³/mol. The fraction of sp³-hybridized carbons (Fsp3) is 0.571. The Morgan fingerprint density at radius 3 is 2.59 bits per heavy atom. The van der Waals surface area contributed by atoms with Crippen molar-refractivity contribution in [3.05, 3.63) is 27.4 Å². The van der Waals surface area contributed by atoms with Gasteiger partial charge in [-0.25, -0.2) is 17.5 Å². The van der Waals surface area contributed by atoms with E-state index in [-0.39, 0.29) is 23.5 Å². The number of halogens is 3. The molecule has 0 amide bonds. The van der Waals surface area contributed by atoms with Gasteiger partial charge in [0.1, 0.15) is 10.7 Å². The number of benzene rings is 1. The van der Waals surface area contributed by atoms with Gasteiger partial charge in [-0.3, -0.25) is 0 Å². The van der Waals surface area contributed by atoms with Crippen LogP contribution in [0.4, 0.5) is 4.39 Å². The molecular formula is C14H19BrClFN2O2S. The largest absolute Gasteiger partial charge is 0.329 e. The van der Waals surface area contributed by atoms with Crippen LogP contribution in [-0.4, -0.2) is 21.0 Å². The molecule has 8 heteroatoms. The molecule has 0 spiro atoms. The molecule has 3 N–H and O–H groups in total. The highest BCUT2D eigenvalue weighted by Crippen LogP contribution is 2.30. The van der Waals surface area contributed by atoms with Gasteiger partial charge in [-0.15, -0.1) is 0 Å². The maximum atomic E-state index is 14.0. The minimum atomic E-state index is -3.98. The van der Waals surface area contributed by atoms with E-state index in [2.05, 4.69) is 20.7 Å². The van der Waals surface area contributed by atoms with Crippen molar-refractivity contribution in [2.45, 2.75) is 43.0 Å². The van der Waals surface area contributed by atoms with Crippen LogP contribution in [0.15, 0.2) is 21.5 Å². The molecule has 0 radical (unpaired) electrons. The third-order valence-electron chi connectivity index (χ3n) is 4.04. The molecule has 1 aromatic rings. The number of hydrogen-bond acceptors (Lipinski definition) is 3. The standard InChI is InChI=1S/C14H19BrClFN2O2S/c15-10-6-14(12(17)7-11(10)16)22(20,21)19-13(8-18)9-4-2-1-3-5-9/h6-7,9,13,19H,1-5,8,18H2/t13-/m0/s1. The van der Waals surface area contributed by atoms with E-state index in [1.54, 1.807) is 0 Å². The summed E-state index contributed by atoms with van der Waals surface area (Å²) in [5.41, 5.74) is 5.73. The van der Waals surface area contributed by atoms with Gasteiger partial charge >= 0.3 is 0 Å². The first-order valence-electron chi connectivity index (χ1n) is 7.22. The Hall–Kier alpha value is -0.210. The monoisotopic (exact) mass is 412 g/mol. The predicted octanol–water partition coefficient (Wildman–Crippen LogP) is 3.43. The second-order valence-corrected chi connectivity index (χ2v) is 8.50. The third kappa shape index (κ3) is 4.20. The number of nitrogens with two attached hydrogens (primary N) is 1. The highest BCUT2D eigenvalue weighted by atomic mass is 79.9. The van der Waals surface area contributed by atoms with Crippen LogP contribution in [-0.2, 0) is 10.0 Å². The van der Waals surface area contributed by atoms with E-state index >= 15 is 0 Å². The minimum absolute atomic E-state index is 0.124. The van der Waals surface area contributed by atoms with Crippen LogP contribution in [0, 0.1) is 11.7 Å². The van der Waals surface area contributed by atoms with E-state index in [0.717, 1.165) is 31.7 Å². The summed E-state index contributed by atoms with van der Waals surface area (Å²) in [5.74, 6) is -0.674. The summed E-state index contributed by atoms with van der Waals surface area (Å²) in [6.07, 6.45) is 5.20. The average Bonchev–Trinajstić information content (AvgIpc) is 2.49. The van der Waals surface area contributed by atoms with Crippen LogP contribution >= 0.6 is 27.5 Å². The first kappa shape index (κ1) is 18.1. The number of hydrogen-bond donors (Lipinski definition) is 2. The molecule has 1 fully saturated rings. The van der Waals surface area contributed by atoms with Gasteiger partial charge in [0.05, 0.1) is 5.02 Å². The molecule has 0 saturated heterocycles. The average molecular weight is 414 g/mol. The van der Waals surface area contributed by atoms with E-state index in [0.29, 0.717) is 4.47 Å². The Bertz CT molecular complexity index is 636. The van der Waals surface area contributed by atoms with Gasteiger partial charge < -0.3 is 5.73 Å². The van der Waals surface area contributed by atoms with Crippen LogP contribution in [0.2, 0.25) is 5.02 Å². The van der Waals surface area contributed by atoms with E-state index in [4.69, 9.17) is 17.3 Å². The lowest BCUT2D eigenvalue weighted by Gasteiger charge is -2.29. The molecule has 22 heavy (non-hydrogen) atoms. The molecule has 2 rings (SSSR count). The van der Waals surface area contributed by atoms with E-state index < -0.39 is 20.7 Å². The maximum absolute atomic E-state index is 14.0. The topological polar surface area (TPSA) is 72.2 Å². The normalized spacial score (nSPS) is 18.4. The lowest BCUT2D eigenvalue weighted by Crippen LogP contribution is -2.46. The number of nitrogens with one attached hydrogen (secondary N) is 1. The first-order chi connectivity index (χ1) is 10.3. The van der Waals surface area contributed by atoms with Gasteiger partial charge in [-0.1, -0.05) is 30.9 Å². The zero-order valence-corrected chi connectivity index (χ0v) is 15.1. The molecule has 1 aliphatic carbocycles. The van der Waals surface area contributed by atoms with Crippen LogP contribution in [0.25, 0.3) is 0 Å². The zero-order chi connectivity index (χ0) is 16.3. The molecule has 1 aromatic carbocycles. The van der Waals surface area contributed by atoms with Crippen LogP contribution in [0.5, 0.6) is 0 Å². The quantitative estimate of drug-likeness (QED) is 0.726. The van der Waals surface area contributed by atoms with Crippen molar-refractivity contribution in [3.8, 4) is 0 Å². The molecule has 0 aromatic heterocycles. The Labute approximate surface area is 143 Å². The lowest BCUT2D eigenvalue weighted by atomic mass is 9.84. The number of rotatable bonds is 5. The SMILES string of the molecule is NC[C@H](NS(=O)(=O)c1cc(Br)c(Cl)cc1F)C1CCCCC1. The summed E-state index contributed by atoms with van der Waals surface area (Å²) in [5, 5.41) is 0.124. The van der Waals surface area contributed by atoms with Crippen molar-refractivity contribution in [1.29, 1.82) is 0 Å². The van der Waals surface area contributed by atoms with Gasteiger partial charge in [0.2, 0.25) is 10.0 Å². The molecule has 124 valence electrons. The van der Waals surface area contributed by atoms with Crippen molar-refractivity contribution in [2.75, 3.05) is 6.54 Å². The lowest BCUT2D eigenvalue weighted by molar-refractivity contribution is 0.294. The van der Waals surface area contributed by atoms with Crippen molar-refractivity contribution >= 4 is 37.6 Å². The summed E-state index contributed by atoms with van der Waals surface area (Å²) in [4.78, 5) is -0.418. The van der Waals surface area contributed by atoms with Gasteiger partial charge in [0.15, 0.2) is 0 Å². The molecule has 4 nitrogen and oxygen atoms in total. The highest BCUT2D eigenvalue weighted by Gasteiger charge is 2.29. The summed E-state index contributed by atoms with van der Waals surface area (Å²) in [7, 11) is -3.98. The molecule has 0 bridgehead atoms. The fourth-order valence-electron chi connectivity index (χ4n) is 2.85. The van der Waals surface area contributed by atoms with Gasteiger partial charge in [0.25, 0.3) is 0 Å². The minimum Gasteiger partial charge on any atom is -0.329 e. The number of sulfonamides is 1. The smallest absolute Gasteiger partial charge is 0.243 e. The summed E-state index contributed by atoms with van der Waals surface area (Å²) < 4.78 is 41.8. The van der Waals surface area contributed by atoms with Gasteiger partial charge in [0, 0.05) is 17.1 Å². The van der Waals surface area contributed by atoms with Crippen molar-refractivity contribution in [3.63, 3.8) is 0 Å². The van der Waals surface area contributed by atoms with Crippen molar-refractivity contribution < 1.29 is 12.8 Å². The van der Waals surface area contributed by atoms with Crippen molar-refractivity contribution in [2.24, 2.45) is 11.7 Å². The Kier molecular flexibility index (Phi) is 6.24. The first-order valence-corrected chi connectivity index (χ1v) is 9.87. The molecule has 1 atom stereocenters.